The fourth-order valence-corrected chi connectivity index (χ4v) is 2.33. The molecule has 0 aliphatic carbocycles. The molecule has 0 amide bonds. The molecule has 1 atom stereocenters. The maximum absolute atomic E-state index is 13.8. The van der Waals surface area contributed by atoms with Gasteiger partial charge in [0.05, 0.1) is 25.9 Å². The number of hydrogen-bond acceptors (Lipinski definition) is 5. The Morgan fingerprint density at radius 3 is 2.89 bits per heavy atom. The zero-order valence-corrected chi connectivity index (χ0v) is 16.0. The van der Waals surface area contributed by atoms with E-state index in [9.17, 15) is 9.18 Å². The quantitative estimate of drug-likeness (QED) is 0.434. The van der Waals surface area contributed by atoms with Gasteiger partial charge in [-0.05, 0) is 38.0 Å². The standard InChI is InChI=1S/C18H25FN6O2/c1-5-20-18(22-13(3)14-7-6-12(2)16(19)8-14)21-9-15-10-25(24-23-15)11-17(26)27-4/h6-8,10,13H,5,9,11H2,1-4H3,(H2,20,21,22). The molecule has 0 aliphatic rings. The van der Waals surface area contributed by atoms with E-state index in [1.165, 1.54) is 17.9 Å². The lowest BCUT2D eigenvalue weighted by molar-refractivity contribution is -0.141. The van der Waals surface area contributed by atoms with Crippen molar-refractivity contribution >= 4 is 11.9 Å². The molecule has 0 saturated heterocycles. The second kappa shape index (κ2) is 9.65. The Kier molecular flexibility index (Phi) is 7.27. The van der Waals surface area contributed by atoms with E-state index in [-0.39, 0.29) is 24.9 Å². The Bertz CT molecular complexity index is 805. The van der Waals surface area contributed by atoms with Gasteiger partial charge < -0.3 is 15.4 Å². The summed E-state index contributed by atoms with van der Waals surface area (Å²) in [4.78, 5) is 15.7. The summed E-state index contributed by atoms with van der Waals surface area (Å²) in [5.41, 5.74) is 2.06. The molecule has 0 radical (unpaired) electrons. The van der Waals surface area contributed by atoms with Crippen LogP contribution in [-0.4, -0.2) is 40.6 Å². The summed E-state index contributed by atoms with van der Waals surface area (Å²) in [6.07, 6.45) is 1.64. The van der Waals surface area contributed by atoms with Crippen molar-refractivity contribution in [3.63, 3.8) is 0 Å². The molecular formula is C18H25FN6O2. The lowest BCUT2D eigenvalue weighted by atomic mass is 10.1. The number of benzene rings is 1. The van der Waals surface area contributed by atoms with Gasteiger partial charge in [-0.15, -0.1) is 5.10 Å². The molecule has 2 N–H and O–H groups in total. The number of ether oxygens (including phenoxy) is 1. The molecular weight excluding hydrogens is 351 g/mol. The summed E-state index contributed by atoms with van der Waals surface area (Å²) >= 11 is 0. The molecule has 9 heteroatoms. The van der Waals surface area contributed by atoms with Gasteiger partial charge in [0.1, 0.15) is 18.1 Å². The second-order valence-corrected chi connectivity index (χ2v) is 6.05. The van der Waals surface area contributed by atoms with Gasteiger partial charge in [0.15, 0.2) is 5.96 Å². The Morgan fingerprint density at radius 2 is 2.22 bits per heavy atom. The summed E-state index contributed by atoms with van der Waals surface area (Å²) in [6, 6.07) is 5.03. The Labute approximate surface area is 157 Å². The third kappa shape index (κ3) is 6.05. The predicted octanol–water partition coefficient (Wildman–Crippen LogP) is 1.71. The zero-order valence-electron chi connectivity index (χ0n) is 16.0. The molecule has 27 heavy (non-hydrogen) atoms. The summed E-state index contributed by atoms with van der Waals surface area (Å²) in [5.74, 6) is -0.0528. The molecule has 0 spiro atoms. The van der Waals surface area contributed by atoms with E-state index in [0.29, 0.717) is 23.8 Å². The summed E-state index contributed by atoms with van der Waals surface area (Å²) in [6.45, 7) is 6.59. The van der Waals surface area contributed by atoms with E-state index in [1.54, 1.807) is 19.2 Å². The lowest BCUT2D eigenvalue weighted by Gasteiger charge is -2.18. The van der Waals surface area contributed by atoms with Crippen LogP contribution >= 0.6 is 0 Å². The van der Waals surface area contributed by atoms with Crippen LogP contribution < -0.4 is 10.6 Å². The predicted molar refractivity (Wildman–Crippen MR) is 99.5 cm³/mol. The second-order valence-electron chi connectivity index (χ2n) is 6.05. The van der Waals surface area contributed by atoms with Crippen molar-refractivity contribution in [2.75, 3.05) is 13.7 Å². The van der Waals surface area contributed by atoms with Crippen LogP contribution in [-0.2, 0) is 22.6 Å². The van der Waals surface area contributed by atoms with Crippen LogP contribution in [0, 0.1) is 12.7 Å². The van der Waals surface area contributed by atoms with E-state index in [2.05, 4.69) is 30.7 Å². The van der Waals surface area contributed by atoms with Gasteiger partial charge in [-0.1, -0.05) is 17.3 Å². The maximum atomic E-state index is 13.8. The highest BCUT2D eigenvalue weighted by Crippen LogP contribution is 2.16. The van der Waals surface area contributed by atoms with Gasteiger partial charge in [0.2, 0.25) is 0 Å². The molecule has 146 valence electrons. The fraction of sp³-hybridized carbons (Fsp3) is 0.444. The summed E-state index contributed by atoms with van der Waals surface area (Å²) < 4.78 is 19.8. The number of carbonyl (C=O) groups excluding carboxylic acids is 1. The number of hydrogen-bond donors (Lipinski definition) is 2. The van der Waals surface area contributed by atoms with Crippen LogP contribution in [0.2, 0.25) is 0 Å². The number of carbonyl (C=O) groups is 1. The molecule has 0 bridgehead atoms. The first-order valence-electron chi connectivity index (χ1n) is 8.69. The minimum atomic E-state index is -0.399. The first-order chi connectivity index (χ1) is 12.9. The van der Waals surface area contributed by atoms with Crippen molar-refractivity contribution < 1.29 is 13.9 Å². The number of nitrogens with one attached hydrogen (secondary N) is 2. The highest BCUT2D eigenvalue weighted by molar-refractivity contribution is 5.80. The van der Waals surface area contributed by atoms with Crippen molar-refractivity contribution in [3.8, 4) is 0 Å². The first-order valence-corrected chi connectivity index (χ1v) is 8.69. The van der Waals surface area contributed by atoms with Crippen LogP contribution in [0.15, 0.2) is 29.4 Å². The number of esters is 1. The van der Waals surface area contributed by atoms with Gasteiger partial charge in [0.25, 0.3) is 0 Å². The number of nitrogens with zero attached hydrogens (tertiary/aromatic N) is 4. The number of aliphatic imine (C=N–C) groups is 1. The molecule has 1 aromatic carbocycles. The number of halogens is 1. The van der Waals surface area contributed by atoms with Crippen molar-refractivity contribution in [1.82, 2.24) is 25.6 Å². The van der Waals surface area contributed by atoms with Crippen molar-refractivity contribution in [2.24, 2.45) is 4.99 Å². The van der Waals surface area contributed by atoms with Gasteiger partial charge >= 0.3 is 5.97 Å². The highest BCUT2D eigenvalue weighted by atomic mass is 19.1. The molecule has 1 unspecified atom stereocenters. The lowest BCUT2D eigenvalue weighted by Crippen LogP contribution is -2.38. The number of methoxy groups -OCH3 is 1. The van der Waals surface area contributed by atoms with Crippen molar-refractivity contribution in [3.05, 3.63) is 47.0 Å². The topological polar surface area (TPSA) is 93.4 Å². The molecule has 2 rings (SSSR count). The molecule has 0 saturated carbocycles. The largest absolute Gasteiger partial charge is 0.468 e. The third-order valence-electron chi connectivity index (χ3n) is 3.90. The Balaban J connectivity index is 2.03. The molecule has 0 aliphatic heterocycles. The summed E-state index contributed by atoms with van der Waals surface area (Å²) in [5, 5.41) is 14.2. The molecule has 2 aromatic rings. The highest BCUT2D eigenvalue weighted by Gasteiger charge is 2.10. The van der Waals surface area contributed by atoms with Crippen LogP contribution in [0.3, 0.4) is 0 Å². The number of aromatic nitrogens is 3. The summed E-state index contributed by atoms with van der Waals surface area (Å²) in [7, 11) is 1.32. The van der Waals surface area contributed by atoms with E-state index in [1.807, 2.05) is 19.9 Å². The monoisotopic (exact) mass is 376 g/mol. The van der Waals surface area contributed by atoms with Gasteiger partial charge in [0, 0.05) is 6.54 Å². The molecule has 1 aromatic heterocycles. The molecule has 1 heterocycles. The normalized spacial score (nSPS) is 12.6. The van der Waals surface area contributed by atoms with Crippen LogP contribution in [0.1, 0.15) is 36.7 Å². The minimum absolute atomic E-state index is 0.00154. The van der Waals surface area contributed by atoms with Crippen LogP contribution in [0.25, 0.3) is 0 Å². The van der Waals surface area contributed by atoms with Gasteiger partial charge in [-0.2, -0.15) is 0 Å². The molecule has 0 fully saturated rings. The van der Waals surface area contributed by atoms with Crippen molar-refractivity contribution in [1.29, 1.82) is 0 Å². The number of guanidine groups is 1. The Hall–Kier alpha value is -2.97. The SMILES string of the molecule is CCNC(=NCc1cn(CC(=O)OC)nn1)NC(C)c1ccc(C)c(F)c1. The smallest absolute Gasteiger partial charge is 0.327 e. The molecule has 8 nitrogen and oxygen atoms in total. The third-order valence-corrected chi connectivity index (χ3v) is 3.90. The number of aryl methyl sites for hydroxylation is 1. The van der Waals surface area contributed by atoms with Crippen molar-refractivity contribution in [2.45, 2.75) is 39.9 Å². The van der Waals surface area contributed by atoms with Crippen LogP contribution in [0.4, 0.5) is 4.39 Å². The van der Waals surface area contributed by atoms with Gasteiger partial charge in [-0.3, -0.25) is 4.79 Å². The van der Waals surface area contributed by atoms with Crippen LogP contribution in [0.5, 0.6) is 0 Å². The van der Waals surface area contributed by atoms with E-state index < -0.39 is 5.97 Å². The first kappa shape index (κ1) is 20.3. The van der Waals surface area contributed by atoms with E-state index >= 15 is 0 Å². The van der Waals surface area contributed by atoms with Gasteiger partial charge in [-0.25, -0.2) is 14.1 Å². The minimum Gasteiger partial charge on any atom is -0.468 e. The zero-order chi connectivity index (χ0) is 19.8. The Morgan fingerprint density at radius 1 is 1.44 bits per heavy atom. The number of rotatable bonds is 7. The van der Waals surface area contributed by atoms with E-state index in [0.717, 1.165) is 5.56 Å². The average molecular weight is 376 g/mol. The fourth-order valence-electron chi connectivity index (χ4n) is 2.33. The maximum Gasteiger partial charge on any atom is 0.327 e. The van der Waals surface area contributed by atoms with E-state index in [4.69, 9.17) is 0 Å². The average Bonchev–Trinajstić information content (AvgIpc) is 3.09.